The molecule has 37 heavy (non-hydrogen) atoms. The van der Waals surface area contributed by atoms with Crippen LogP contribution in [0.25, 0.3) is 10.8 Å². The van der Waals surface area contributed by atoms with E-state index in [4.69, 9.17) is 0 Å². The number of nitrogens with zero attached hydrogens (tertiary/aromatic N) is 2. The molecule has 0 fully saturated rings. The fourth-order valence-corrected chi connectivity index (χ4v) is 5.26. The molecule has 3 nitrogen and oxygen atoms in total. The molecule has 3 aromatic rings. The number of hydrogen-bond acceptors (Lipinski definition) is 3. The summed E-state index contributed by atoms with van der Waals surface area (Å²) in [7, 11) is 0. The SMILES string of the molecule is C=C/C(=C\C=C(/C)N(CC)CC)C(c1ccc(N(CC)CC)cc1)c1ccc(NCC)c2ccccc12. The Morgan fingerprint density at radius 3 is 2.03 bits per heavy atom. The zero-order valence-corrected chi connectivity index (χ0v) is 23.7. The molecular weight excluding hydrogens is 450 g/mol. The minimum Gasteiger partial charge on any atom is -0.385 e. The molecule has 0 aromatic heterocycles. The van der Waals surface area contributed by atoms with Crippen LogP contribution >= 0.6 is 0 Å². The van der Waals surface area contributed by atoms with Crippen molar-refractivity contribution in [3.63, 3.8) is 0 Å². The largest absolute Gasteiger partial charge is 0.385 e. The molecule has 0 amide bonds. The number of nitrogens with one attached hydrogen (secondary N) is 1. The molecule has 0 saturated heterocycles. The molecule has 0 saturated carbocycles. The van der Waals surface area contributed by atoms with Crippen molar-refractivity contribution in [3.8, 4) is 0 Å². The van der Waals surface area contributed by atoms with E-state index in [0.29, 0.717) is 0 Å². The molecule has 3 aromatic carbocycles. The molecule has 0 bridgehead atoms. The Morgan fingerprint density at radius 1 is 0.811 bits per heavy atom. The zero-order chi connectivity index (χ0) is 26.8. The molecule has 1 atom stereocenters. The zero-order valence-electron chi connectivity index (χ0n) is 23.7. The highest BCUT2D eigenvalue weighted by Crippen LogP contribution is 2.39. The monoisotopic (exact) mass is 495 g/mol. The van der Waals surface area contributed by atoms with Gasteiger partial charge in [-0.25, -0.2) is 0 Å². The summed E-state index contributed by atoms with van der Waals surface area (Å²) in [5.41, 5.74) is 7.49. The van der Waals surface area contributed by atoms with Crippen molar-refractivity contribution in [3.05, 3.63) is 108 Å². The Morgan fingerprint density at radius 2 is 1.46 bits per heavy atom. The van der Waals surface area contributed by atoms with Crippen molar-refractivity contribution < 1.29 is 0 Å². The van der Waals surface area contributed by atoms with Gasteiger partial charge in [0.25, 0.3) is 0 Å². The van der Waals surface area contributed by atoms with Crippen molar-refractivity contribution in [1.29, 1.82) is 0 Å². The number of rotatable bonds is 13. The number of benzene rings is 3. The number of hydrogen-bond donors (Lipinski definition) is 1. The summed E-state index contributed by atoms with van der Waals surface area (Å²) in [6, 6.07) is 22.4. The predicted octanol–water partition coefficient (Wildman–Crippen LogP) is 8.61. The maximum Gasteiger partial charge on any atom is 0.0419 e. The second-order valence-electron chi connectivity index (χ2n) is 9.33. The Balaban J connectivity index is 2.22. The summed E-state index contributed by atoms with van der Waals surface area (Å²) < 4.78 is 0. The number of allylic oxidation sites excluding steroid dienone is 5. The van der Waals surface area contributed by atoms with Crippen LogP contribution in [0.3, 0.4) is 0 Å². The molecule has 0 heterocycles. The van der Waals surface area contributed by atoms with Gasteiger partial charge in [-0.15, -0.1) is 0 Å². The molecule has 3 rings (SSSR count). The minimum atomic E-state index is 0.0737. The van der Waals surface area contributed by atoms with E-state index in [0.717, 1.165) is 32.7 Å². The maximum absolute atomic E-state index is 4.26. The highest BCUT2D eigenvalue weighted by atomic mass is 15.1. The summed E-state index contributed by atoms with van der Waals surface area (Å²) in [5, 5.41) is 6.07. The maximum atomic E-state index is 4.26. The Kier molecular flexibility index (Phi) is 10.4. The topological polar surface area (TPSA) is 18.5 Å². The lowest BCUT2D eigenvalue weighted by atomic mass is 9.81. The highest BCUT2D eigenvalue weighted by Gasteiger charge is 2.21. The smallest absolute Gasteiger partial charge is 0.0419 e. The quantitative estimate of drug-likeness (QED) is 0.239. The molecular formula is C34H45N3. The third-order valence-corrected chi connectivity index (χ3v) is 7.34. The van der Waals surface area contributed by atoms with Gasteiger partial charge in [0, 0.05) is 61.1 Å². The van der Waals surface area contributed by atoms with Gasteiger partial charge in [0.1, 0.15) is 0 Å². The van der Waals surface area contributed by atoms with Gasteiger partial charge >= 0.3 is 0 Å². The molecule has 0 radical (unpaired) electrons. The van der Waals surface area contributed by atoms with Gasteiger partial charge in [0.15, 0.2) is 0 Å². The molecule has 0 aliphatic carbocycles. The van der Waals surface area contributed by atoms with Gasteiger partial charge in [-0.3, -0.25) is 0 Å². The van der Waals surface area contributed by atoms with Gasteiger partial charge in [0.05, 0.1) is 0 Å². The van der Waals surface area contributed by atoms with Gasteiger partial charge in [-0.05, 0) is 87.9 Å². The van der Waals surface area contributed by atoms with Crippen LogP contribution in [0.2, 0.25) is 0 Å². The third-order valence-electron chi connectivity index (χ3n) is 7.34. The van der Waals surface area contributed by atoms with Crippen LogP contribution in [0, 0.1) is 0 Å². The predicted molar refractivity (Wildman–Crippen MR) is 165 cm³/mol. The van der Waals surface area contributed by atoms with Crippen LogP contribution < -0.4 is 10.2 Å². The van der Waals surface area contributed by atoms with E-state index in [2.05, 4.69) is 136 Å². The highest BCUT2D eigenvalue weighted by molar-refractivity contribution is 5.97. The summed E-state index contributed by atoms with van der Waals surface area (Å²) in [5.74, 6) is 0.0737. The van der Waals surface area contributed by atoms with Gasteiger partial charge in [-0.2, -0.15) is 0 Å². The van der Waals surface area contributed by atoms with E-state index >= 15 is 0 Å². The van der Waals surface area contributed by atoms with Crippen LogP contribution in [0.5, 0.6) is 0 Å². The second-order valence-corrected chi connectivity index (χ2v) is 9.33. The first-order valence-electron chi connectivity index (χ1n) is 13.9. The Labute approximate surface area is 225 Å². The van der Waals surface area contributed by atoms with Crippen LogP contribution in [0.15, 0.2) is 96.7 Å². The lowest BCUT2D eigenvalue weighted by Crippen LogP contribution is -2.21. The first-order chi connectivity index (χ1) is 18.0. The van der Waals surface area contributed by atoms with E-state index in [9.17, 15) is 0 Å². The summed E-state index contributed by atoms with van der Waals surface area (Å²) in [6.45, 7) is 22.3. The summed E-state index contributed by atoms with van der Waals surface area (Å²) in [6.07, 6.45) is 6.54. The first kappa shape index (κ1) is 28.1. The molecule has 0 aliphatic heterocycles. The Bertz CT molecular complexity index is 1210. The van der Waals surface area contributed by atoms with Crippen LogP contribution in [-0.4, -0.2) is 37.6 Å². The summed E-state index contributed by atoms with van der Waals surface area (Å²) >= 11 is 0. The lowest BCUT2D eigenvalue weighted by molar-refractivity contribution is 0.383. The van der Waals surface area contributed by atoms with Crippen molar-refractivity contribution in [2.45, 2.75) is 47.5 Å². The van der Waals surface area contributed by atoms with Gasteiger partial charge < -0.3 is 15.1 Å². The van der Waals surface area contributed by atoms with Crippen LogP contribution in [0.4, 0.5) is 11.4 Å². The second kappa shape index (κ2) is 13.7. The Hall–Kier alpha value is -3.46. The van der Waals surface area contributed by atoms with Crippen molar-refractivity contribution in [2.24, 2.45) is 0 Å². The van der Waals surface area contributed by atoms with E-state index in [1.807, 2.05) is 6.08 Å². The fraction of sp³-hybridized carbons (Fsp3) is 0.353. The number of anilines is 2. The average molecular weight is 496 g/mol. The first-order valence-corrected chi connectivity index (χ1v) is 13.9. The lowest BCUT2D eigenvalue weighted by Gasteiger charge is -2.25. The standard InChI is InChI=1S/C34H45N3/c1-8-27(19-18-26(7)36(10-3)11-4)34(28-20-22-29(23-21-28)37(12-5)13-6)32-24-25-33(35-9-2)31-17-15-14-16-30(31)32/h8,14-25,34-35H,1,9-13H2,2-7H3/b26-18+,27-19+. The van der Waals surface area contributed by atoms with E-state index in [1.165, 1.54) is 44.5 Å². The van der Waals surface area contributed by atoms with Gasteiger partial charge in [-0.1, -0.05) is 61.2 Å². The molecule has 1 unspecified atom stereocenters. The van der Waals surface area contributed by atoms with Crippen LogP contribution in [-0.2, 0) is 0 Å². The molecule has 0 aliphatic rings. The van der Waals surface area contributed by atoms with E-state index < -0.39 is 0 Å². The fourth-order valence-electron chi connectivity index (χ4n) is 5.26. The third kappa shape index (κ3) is 6.46. The van der Waals surface area contributed by atoms with Gasteiger partial charge in [0.2, 0.25) is 0 Å². The minimum absolute atomic E-state index is 0.0737. The molecule has 196 valence electrons. The normalized spacial score (nSPS) is 12.9. The molecule has 3 heteroatoms. The van der Waals surface area contributed by atoms with Crippen LogP contribution in [0.1, 0.15) is 58.6 Å². The van der Waals surface area contributed by atoms with E-state index in [-0.39, 0.29) is 5.92 Å². The molecule has 1 N–H and O–H groups in total. The summed E-state index contributed by atoms with van der Waals surface area (Å²) in [4.78, 5) is 4.77. The van der Waals surface area contributed by atoms with E-state index in [1.54, 1.807) is 0 Å². The van der Waals surface area contributed by atoms with Crippen molar-refractivity contribution in [2.75, 3.05) is 42.9 Å². The average Bonchev–Trinajstić information content (AvgIpc) is 2.93. The number of fused-ring (bicyclic) bond motifs is 1. The van der Waals surface area contributed by atoms with Crippen molar-refractivity contribution >= 4 is 22.1 Å². The molecule has 0 spiro atoms. The van der Waals surface area contributed by atoms with Crippen molar-refractivity contribution in [1.82, 2.24) is 4.90 Å².